The normalized spacial score (nSPS) is 14.0. The molecule has 0 aliphatic rings. The number of hydrogen-bond donors (Lipinski definition) is 2. The van der Waals surface area contributed by atoms with Crippen molar-refractivity contribution in [2.45, 2.75) is 51.7 Å². The molecule has 10 heteroatoms. The van der Waals surface area contributed by atoms with E-state index in [-0.39, 0.29) is 30.5 Å². The van der Waals surface area contributed by atoms with Crippen molar-refractivity contribution in [3.8, 4) is 11.3 Å². The zero-order valence-electron chi connectivity index (χ0n) is 19.4. The maximum absolute atomic E-state index is 13.5. The van der Waals surface area contributed by atoms with Crippen LogP contribution in [-0.4, -0.2) is 59.9 Å². The Morgan fingerprint density at radius 1 is 1.18 bits per heavy atom. The van der Waals surface area contributed by atoms with E-state index in [0.29, 0.717) is 22.5 Å². The van der Waals surface area contributed by atoms with Gasteiger partial charge in [-0.05, 0) is 37.1 Å². The Bertz CT molecular complexity index is 1120. The number of halogens is 1. The number of carbonyl (C=O) groups excluding carboxylic acids is 1. The summed E-state index contributed by atoms with van der Waals surface area (Å²) < 4.78 is 38.7. The van der Waals surface area contributed by atoms with Crippen LogP contribution in [0.25, 0.3) is 17.3 Å². The summed E-state index contributed by atoms with van der Waals surface area (Å²) in [4.78, 5) is 20.1. The van der Waals surface area contributed by atoms with Crippen LogP contribution in [0.15, 0.2) is 30.3 Å². The summed E-state index contributed by atoms with van der Waals surface area (Å²) in [6, 6.07) is 5.59. The van der Waals surface area contributed by atoms with E-state index in [1.54, 1.807) is 6.08 Å². The molecule has 8 nitrogen and oxygen atoms in total. The monoisotopic (exact) mass is 479 g/mol. The van der Waals surface area contributed by atoms with E-state index in [9.17, 15) is 27.8 Å². The van der Waals surface area contributed by atoms with Gasteiger partial charge >= 0.3 is 0 Å². The Kier molecular flexibility index (Phi) is 8.82. The largest absolute Gasteiger partial charge is 0.393 e. The van der Waals surface area contributed by atoms with Crippen LogP contribution < -0.4 is 4.31 Å². The molecule has 0 saturated carbocycles. The van der Waals surface area contributed by atoms with Gasteiger partial charge in [-0.15, -0.1) is 0 Å². The van der Waals surface area contributed by atoms with Gasteiger partial charge in [0.1, 0.15) is 11.6 Å². The van der Waals surface area contributed by atoms with Gasteiger partial charge in [0.05, 0.1) is 29.9 Å². The number of hydrogen-bond acceptors (Lipinski definition) is 7. The van der Waals surface area contributed by atoms with Gasteiger partial charge in [0.25, 0.3) is 0 Å². The molecule has 0 spiro atoms. The van der Waals surface area contributed by atoms with Crippen LogP contribution in [0, 0.1) is 5.82 Å². The average Bonchev–Trinajstić information content (AvgIpc) is 2.70. The third kappa shape index (κ3) is 7.41. The standard InChI is InChI=1S/C23H30FN3O5S/c1-14(2)21-20(11-10-18(29)13-19(30)12-15(3)28)22(16-6-8-17(24)9-7-16)26-23(25-21)27(4)33(5,31)32/h6-11,14,18-19,29-30H,12-13H2,1-5H3/b11-10+/t18-,19+/m1/s1. The Labute approximate surface area is 193 Å². The lowest BCUT2D eigenvalue weighted by Gasteiger charge is -2.20. The van der Waals surface area contributed by atoms with Crippen LogP contribution >= 0.6 is 0 Å². The molecule has 0 saturated heterocycles. The molecular formula is C23H30FN3O5S. The number of aromatic nitrogens is 2. The Morgan fingerprint density at radius 2 is 1.79 bits per heavy atom. The van der Waals surface area contributed by atoms with Gasteiger partial charge in [0.2, 0.25) is 16.0 Å². The maximum Gasteiger partial charge on any atom is 0.239 e. The number of rotatable bonds is 10. The van der Waals surface area contributed by atoms with Crippen molar-refractivity contribution in [2.75, 3.05) is 17.6 Å². The number of benzene rings is 1. The van der Waals surface area contributed by atoms with Gasteiger partial charge in [0.15, 0.2) is 0 Å². The molecule has 0 aliphatic heterocycles. The number of aliphatic hydroxyl groups is 2. The molecule has 0 fully saturated rings. The summed E-state index contributed by atoms with van der Waals surface area (Å²) in [5.74, 6) is -0.787. The van der Waals surface area contributed by atoms with E-state index in [0.717, 1.165) is 10.6 Å². The van der Waals surface area contributed by atoms with Crippen LogP contribution in [0.2, 0.25) is 0 Å². The quantitative estimate of drug-likeness (QED) is 0.537. The van der Waals surface area contributed by atoms with Crippen molar-refractivity contribution < 1.29 is 27.8 Å². The van der Waals surface area contributed by atoms with Crippen molar-refractivity contribution in [3.63, 3.8) is 0 Å². The molecule has 0 radical (unpaired) electrons. The highest BCUT2D eigenvalue weighted by Gasteiger charge is 2.22. The Balaban J connectivity index is 2.61. The highest BCUT2D eigenvalue weighted by atomic mass is 32.2. The minimum absolute atomic E-state index is 0.0323. The van der Waals surface area contributed by atoms with Crippen molar-refractivity contribution in [1.82, 2.24) is 9.97 Å². The first-order chi connectivity index (χ1) is 15.3. The molecule has 0 amide bonds. The van der Waals surface area contributed by atoms with E-state index in [4.69, 9.17) is 0 Å². The zero-order chi connectivity index (χ0) is 24.9. The van der Waals surface area contributed by atoms with Crippen LogP contribution in [0.5, 0.6) is 0 Å². The lowest BCUT2D eigenvalue weighted by atomic mass is 9.97. The number of Topliss-reactive ketones (excluding diaryl/α,β-unsaturated/α-hetero) is 1. The van der Waals surface area contributed by atoms with Crippen LogP contribution in [0.4, 0.5) is 10.3 Å². The smallest absolute Gasteiger partial charge is 0.239 e. The molecule has 1 aromatic carbocycles. The first-order valence-electron chi connectivity index (χ1n) is 10.4. The Hall–Kier alpha value is -2.69. The maximum atomic E-state index is 13.5. The van der Waals surface area contributed by atoms with E-state index in [2.05, 4.69) is 9.97 Å². The third-order valence-electron chi connectivity index (χ3n) is 4.93. The fourth-order valence-electron chi connectivity index (χ4n) is 3.18. The van der Waals surface area contributed by atoms with E-state index in [1.165, 1.54) is 44.3 Å². The minimum Gasteiger partial charge on any atom is -0.393 e. The van der Waals surface area contributed by atoms with Crippen molar-refractivity contribution in [1.29, 1.82) is 0 Å². The van der Waals surface area contributed by atoms with Gasteiger partial charge in [-0.25, -0.2) is 27.1 Å². The summed E-state index contributed by atoms with van der Waals surface area (Å²) in [7, 11) is -2.28. The zero-order valence-corrected chi connectivity index (χ0v) is 20.2. The summed E-state index contributed by atoms with van der Waals surface area (Å²) in [5, 5.41) is 20.3. The summed E-state index contributed by atoms with van der Waals surface area (Å²) in [5.41, 5.74) is 1.96. The lowest BCUT2D eigenvalue weighted by Crippen LogP contribution is -2.27. The molecule has 33 heavy (non-hydrogen) atoms. The number of nitrogens with zero attached hydrogens (tertiary/aromatic N) is 3. The SMILES string of the molecule is CC(=O)C[C@H](O)C[C@H](O)/C=C/c1c(-c2ccc(F)cc2)nc(N(C)S(C)(=O)=O)nc1C(C)C. The van der Waals surface area contributed by atoms with Gasteiger partial charge in [-0.3, -0.25) is 4.79 Å². The fraction of sp³-hybridized carbons (Fsp3) is 0.435. The second-order valence-corrected chi connectivity index (χ2v) is 10.3. The average molecular weight is 480 g/mol. The lowest BCUT2D eigenvalue weighted by molar-refractivity contribution is -0.119. The molecule has 1 aromatic heterocycles. The van der Waals surface area contributed by atoms with Crippen molar-refractivity contribution in [2.24, 2.45) is 0 Å². The molecule has 2 rings (SSSR count). The predicted molar refractivity (Wildman–Crippen MR) is 126 cm³/mol. The van der Waals surface area contributed by atoms with Crippen molar-refractivity contribution in [3.05, 3.63) is 47.4 Å². The number of anilines is 1. The highest BCUT2D eigenvalue weighted by molar-refractivity contribution is 7.92. The van der Waals surface area contributed by atoms with E-state index < -0.39 is 28.0 Å². The predicted octanol–water partition coefficient (Wildman–Crippen LogP) is 2.91. The number of aliphatic hydroxyl groups excluding tert-OH is 2. The molecule has 0 unspecified atom stereocenters. The topological polar surface area (TPSA) is 121 Å². The summed E-state index contributed by atoms with van der Waals surface area (Å²) in [6.07, 6.45) is 1.99. The Morgan fingerprint density at radius 3 is 2.30 bits per heavy atom. The van der Waals surface area contributed by atoms with Gasteiger partial charge < -0.3 is 10.2 Å². The van der Waals surface area contributed by atoms with Gasteiger partial charge in [0, 0.05) is 31.0 Å². The second kappa shape index (κ2) is 11.0. The van der Waals surface area contributed by atoms with Crippen molar-refractivity contribution >= 4 is 27.8 Å². The molecule has 0 aliphatic carbocycles. The van der Waals surface area contributed by atoms with Gasteiger partial charge in [-0.1, -0.05) is 26.0 Å². The number of ketones is 1. The molecule has 2 N–H and O–H groups in total. The third-order valence-corrected chi connectivity index (χ3v) is 6.09. The van der Waals surface area contributed by atoms with E-state index >= 15 is 0 Å². The fourth-order valence-corrected chi connectivity index (χ4v) is 3.55. The highest BCUT2D eigenvalue weighted by Crippen LogP contribution is 2.31. The first-order valence-corrected chi connectivity index (χ1v) is 12.3. The summed E-state index contributed by atoms with van der Waals surface area (Å²) >= 11 is 0. The number of sulfonamides is 1. The molecule has 2 aromatic rings. The van der Waals surface area contributed by atoms with Crippen LogP contribution in [0.1, 0.15) is 50.8 Å². The molecule has 180 valence electrons. The molecule has 2 atom stereocenters. The van der Waals surface area contributed by atoms with Gasteiger partial charge in [-0.2, -0.15) is 0 Å². The molecule has 1 heterocycles. The van der Waals surface area contributed by atoms with Crippen LogP contribution in [-0.2, 0) is 14.8 Å². The summed E-state index contributed by atoms with van der Waals surface area (Å²) in [6.45, 7) is 5.12. The second-order valence-electron chi connectivity index (χ2n) is 8.29. The van der Waals surface area contributed by atoms with E-state index in [1.807, 2.05) is 13.8 Å². The minimum atomic E-state index is -3.63. The molecule has 0 bridgehead atoms. The van der Waals surface area contributed by atoms with Crippen LogP contribution in [0.3, 0.4) is 0 Å². The first kappa shape index (κ1) is 26.6. The number of carbonyl (C=O) groups is 1. The molecular weight excluding hydrogens is 449 g/mol.